The lowest BCUT2D eigenvalue weighted by Gasteiger charge is -2.11. The van der Waals surface area contributed by atoms with E-state index in [1.54, 1.807) is 12.3 Å². The fourth-order valence-electron chi connectivity index (χ4n) is 2.93. The molecule has 0 saturated carbocycles. The lowest BCUT2D eigenvalue weighted by atomic mass is 10.1. The van der Waals surface area contributed by atoms with Crippen LogP contribution in [0.1, 0.15) is 11.1 Å². The van der Waals surface area contributed by atoms with Gasteiger partial charge in [-0.15, -0.1) is 0 Å². The van der Waals surface area contributed by atoms with Crippen molar-refractivity contribution >= 4 is 27.5 Å². The van der Waals surface area contributed by atoms with Crippen LogP contribution in [-0.4, -0.2) is 9.38 Å². The zero-order valence-corrected chi connectivity index (χ0v) is 11.6. The maximum atomic E-state index is 12.9. The standard InChI is InChI=1S/C17H11F3N2/c1-10-7-12-8-13(17(18,19)20)4-5-14(12)22-15(10)9-11-3-2-6-21-16(11)22/h2-9H,1H3. The number of rotatable bonds is 0. The van der Waals surface area contributed by atoms with Crippen LogP contribution in [0, 0.1) is 6.92 Å². The van der Waals surface area contributed by atoms with Crippen molar-refractivity contribution in [2.45, 2.75) is 13.1 Å². The van der Waals surface area contributed by atoms with Crippen molar-refractivity contribution in [3.63, 3.8) is 0 Å². The lowest BCUT2D eigenvalue weighted by molar-refractivity contribution is -0.137. The van der Waals surface area contributed by atoms with Gasteiger partial charge >= 0.3 is 6.18 Å². The summed E-state index contributed by atoms with van der Waals surface area (Å²) in [5.74, 6) is 0. The van der Waals surface area contributed by atoms with Gasteiger partial charge in [0.1, 0.15) is 5.65 Å². The molecule has 22 heavy (non-hydrogen) atoms. The number of nitrogens with zero attached hydrogens (tertiary/aromatic N) is 2. The molecule has 0 atom stereocenters. The van der Waals surface area contributed by atoms with Crippen LogP contribution in [0.3, 0.4) is 0 Å². The second-order valence-corrected chi connectivity index (χ2v) is 5.38. The summed E-state index contributed by atoms with van der Waals surface area (Å²) in [6.07, 6.45) is -2.65. The molecule has 4 aromatic rings. The van der Waals surface area contributed by atoms with Crippen molar-refractivity contribution in [2.24, 2.45) is 0 Å². The Bertz CT molecular complexity index is 1030. The van der Waals surface area contributed by atoms with Gasteiger partial charge in [0.05, 0.1) is 16.6 Å². The van der Waals surface area contributed by atoms with Crippen LogP contribution in [0.2, 0.25) is 0 Å². The lowest BCUT2D eigenvalue weighted by Crippen LogP contribution is -2.05. The smallest absolute Gasteiger partial charge is 0.294 e. The third kappa shape index (κ3) is 1.78. The Kier molecular flexibility index (Phi) is 2.52. The predicted molar refractivity (Wildman–Crippen MR) is 79.9 cm³/mol. The minimum atomic E-state index is -4.34. The van der Waals surface area contributed by atoms with E-state index in [-0.39, 0.29) is 0 Å². The monoisotopic (exact) mass is 300 g/mol. The maximum Gasteiger partial charge on any atom is 0.416 e. The van der Waals surface area contributed by atoms with Gasteiger partial charge in [-0.05, 0) is 60.3 Å². The van der Waals surface area contributed by atoms with Crippen LogP contribution in [0.25, 0.3) is 27.5 Å². The molecule has 0 spiro atoms. The number of fused-ring (bicyclic) bond motifs is 5. The maximum absolute atomic E-state index is 12.9. The van der Waals surface area contributed by atoms with Crippen molar-refractivity contribution in [3.8, 4) is 0 Å². The van der Waals surface area contributed by atoms with Crippen LogP contribution in [0.4, 0.5) is 13.2 Å². The quantitative estimate of drug-likeness (QED) is 0.448. The first-order valence-corrected chi connectivity index (χ1v) is 6.82. The van der Waals surface area contributed by atoms with Gasteiger partial charge < -0.3 is 0 Å². The Balaban J connectivity index is 2.19. The Morgan fingerprint density at radius 1 is 0.955 bits per heavy atom. The van der Waals surface area contributed by atoms with Gasteiger partial charge in [-0.1, -0.05) is 0 Å². The fraction of sp³-hybridized carbons (Fsp3) is 0.118. The molecule has 0 saturated heterocycles. The molecule has 0 aliphatic rings. The zero-order chi connectivity index (χ0) is 15.5. The highest BCUT2D eigenvalue weighted by Crippen LogP contribution is 2.33. The number of aromatic nitrogens is 2. The number of alkyl halides is 3. The van der Waals surface area contributed by atoms with Gasteiger partial charge in [-0.25, -0.2) is 4.98 Å². The molecule has 1 aromatic carbocycles. The molecule has 5 heteroatoms. The Morgan fingerprint density at radius 2 is 1.77 bits per heavy atom. The van der Waals surface area contributed by atoms with Gasteiger partial charge in [0.2, 0.25) is 0 Å². The molecule has 0 aliphatic heterocycles. The molecule has 2 nitrogen and oxygen atoms in total. The summed E-state index contributed by atoms with van der Waals surface area (Å²) in [7, 11) is 0. The molecule has 0 bridgehead atoms. The number of benzene rings is 1. The highest BCUT2D eigenvalue weighted by atomic mass is 19.4. The zero-order valence-electron chi connectivity index (χ0n) is 11.6. The number of hydrogen-bond donors (Lipinski definition) is 0. The van der Waals surface area contributed by atoms with Gasteiger partial charge in [-0.3, -0.25) is 4.40 Å². The van der Waals surface area contributed by atoms with Crippen LogP contribution in [-0.2, 0) is 6.18 Å². The van der Waals surface area contributed by atoms with E-state index >= 15 is 0 Å². The average molecular weight is 300 g/mol. The van der Waals surface area contributed by atoms with E-state index < -0.39 is 11.7 Å². The molecule has 0 fully saturated rings. The summed E-state index contributed by atoms with van der Waals surface area (Å²) in [6.45, 7) is 1.90. The largest absolute Gasteiger partial charge is 0.416 e. The molecule has 0 unspecified atom stereocenters. The normalized spacial score (nSPS) is 12.5. The van der Waals surface area contributed by atoms with Crippen LogP contribution < -0.4 is 0 Å². The molecule has 110 valence electrons. The number of aryl methyl sites for hydroxylation is 1. The van der Waals surface area contributed by atoms with Crippen molar-refractivity contribution in [3.05, 3.63) is 59.8 Å². The number of pyridine rings is 2. The first kappa shape index (κ1) is 13.1. The van der Waals surface area contributed by atoms with Crippen molar-refractivity contribution in [2.75, 3.05) is 0 Å². The van der Waals surface area contributed by atoms with Gasteiger partial charge in [0.25, 0.3) is 0 Å². The average Bonchev–Trinajstić information content (AvgIpc) is 2.86. The Hall–Kier alpha value is -2.56. The summed E-state index contributed by atoms with van der Waals surface area (Å²) < 4.78 is 40.6. The van der Waals surface area contributed by atoms with Gasteiger partial charge in [0, 0.05) is 11.6 Å². The summed E-state index contributed by atoms with van der Waals surface area (Å²) in [4.78, 5) is 4.37. The van der Waals surface area contributed by atoms with Crippen LogP contribution in [0.15, 0.2) is 48.7 Å². The number of hydrogen-bond acceptors (Lipinski definition) is 1. The molecule has 0 N–H and O–H groups in total. The van der Waals surface area contributed by atoms with E-state index in [2.05, 4.69) is 4.98 Å². The second-order valence-electron chi connectivity index (χ2n) is 5.38. The highest BCUT2D eigenvalue weighted by molar-refractivity contribution is 5.94. The minimum absolute atomic E-state index is 0.558. The first-order chi connectivity index (χ1) is 10.4. The van der Waals surface area contributed by atoms with Crippen molar-refractivity contribution in [1.82, 2.24) is 9.38 Å². The molecule has 4 rings (SSSR count). The van der Waals surface area contributed by atoms with Crippen molar-refractivity contribution < 1.29 is 13.2 Å². The third-order valence-electron chi connectivity index (χ3n) is 3.93. The molecule has 3 heterocycles. The van der Waals surface area contributed by atoms with E-state index in [0.29, 0.717) is 5.39 Å². The van der Waals surface area contributed by atoms with Crippen LogP contribution in [0.5, 0.6) is 0 Å². The minimum Gasteiger partial charge on any atom is -0.294 e. The van der Waals surface area contributed by atoms with E-state index in [1.807, 2.05) is 29.5 Å². The second kappa shape index (κ2) is 4.22. The van der Waals surface area contributed by atoms with Gasteiger partial charge in [0.15, 0.2) is 0 Å². The predicted octanol–water partition coefficient (Wildman–Crippen LogP) is 4.97. The highest BCUT2D eigenvalue weighted by Gasteiger charge is 2.30. The molecular weight excluding hydrogens is 289 g/mol. The summed E-state index contributed by atoms with van der Waals surface area (Å²) in [5.41, 5.74) is 2.72. The SMILES string of the molecule is Cc1cc2cc(C(F)(F)F)ccc2n2c1cc1cccnc12. The van der Waals surface area contributed by atoms with E-state index in [0.717, 1.165) is 33.7 Å². The van der Waals surface area contributed by atoms with Gasteiger partial charge in [-0.2, -0.15) is 13.2 Å². The Labute approximate surface area is 123 Å². The molecular formula is C17H11F3N2. The molecule has 0 amide bonds. The first-order valence-electron chi connectivity index (χ1n) is 6.82. The van der Waals surface area contributed by atoms with Crippen molar-refractivity contribution in [1.29, 1.82) is 0 Å². The number of halogens is 3. The summed E-state index contributed by atoms with van der Waals surface area (Å²) >= 11 is 0. The third-order valence-corrected chi connectivity index (χ3v) is 3.93. The summed E-state index contributed by atoms with van der Waals surface area (Å²) in [6, 6.07) is 11.4. The Morgan fingerprint density at radius 3 is 2.55 bits per heavy atom. The molecule has 3 aromatic heterocycles. The van der Waals surface area contributed by atoms with E-state index in [4.69, 9.17) is 0 Å². The topological polar surface area (TPSA) is 17.3 Å². The van der Waals surface area contributed by atoms with Crippen LogP contribution >= 0.6 is 0 Å². The van der Waals surface area contributed by atoms with E-state index in [9.17, 15) is 13.2 Å². The molecule has 0 aliphatic carbocycles. The van der Waals surface area contributed by atoms with E-state index in [1.165, 1.54) is 12.1 Å². The summed E-state index contributed by atoms with van der Waals surface area (Å²) in [5, 5.41) is 1.53. The fourth-order valence-corrected chi connectivity index (χ4v) is 2.93. The molecule has 0 radical (unpaired) electrons.